The zero-order chi connectivity index (χ0) is 13.3. The number of imidazole rings is 1. The van der Waals surface area contributed by atoms with Crippen molar-refractivity contribution in [2.24, 2.45) is 11.7 Å². The van der Waals surface area contributed by atoms with Crippen LogP contribution in [0.25, 0.3) is 5.69 Å². The van der Waals surface area contributed by atoms with Gasteiger partial charge in [0.05, 0.1) is 28.9 Å². The maximum atomic E-state index is 6.26. The average molecular weight is 329 g/mol. The molecule has 1 aromatic carbocycles. The smallest absolute Gasteiger partial charge is 0.0995 e. The van der Waals surface area contributed by atoms with Crippen LogP contribution < -0.4 is 5.73 Å². The van der Waals surface area contributed by atoms with Crippen molar-refractivity contribution in [1.29, 1.82) is 0 Å². The molecule has 1 unspecified atom stereocenters. The zero-order valence-electron chi connectivity index (χ0n) is 10.3. The maximum absolute atomic E-state index is 6.26. The molecule has 3 nitrogen and oxygen atoms in total. The van der Waals surface area contributed by atoms with Gasteiger partial charge < -0.3 is 10.3 Å². The van der Waals surface area contributed by atoms with Gasteiger partial charge >= 0.3 is 0 Å². The van der Waals surface area contributed by atoms with E-state index in [0.717, 1.165) is 15.9 Å². The Balaban J connectivity index is 2.49. The lowest BCUT2D eigenvalue weighted by atomic mass is 10.0. The quantitative estimate of drug-likeness (QED) is 0.927. The Kier molecular flexibility index (Phi) is 4.10. The average Bonchev–Trinajstić information content (AvgIpc) is 2.76. The van der Waals surface area contributed by atoms with Gasteiger partial charge in [0.2, 0.25) is 0 Å². The molecule has 0 aliphatic carbocycles. The van der Waals surface area contributed by atoms with Crippen molar-refractivity contribution in [3.63, 3.8) is 0 Å². The number of halogens is 2. The highest BCUT2D eigenvalue weighted by molar-refractivity contribution is 9.10. The van der Waals surface area contributed by atoms with Crippen LogP contribution in [-0.4, -0.2) is 9.55 Å². The molecule has 2 N–H and O–H groups in total. The van der Waals surface area contributed by atoms with E-state index in [9.17, 15) is 0 Å². The lowest BCUT2D eigenvalue weighted by Gasteiger charge is -2.18. The molecule has 0 aliphatic heterocycles. The first kappa shape index (κ1) is 13.6. The fourth-order valence-electron chi connectivity index (χ4n) is 1.77. The van der Waals surface area contributed by atoms with E-state index in [4.69, 9.17) is 17.3 Å². The van der Waals surface area contributed by atoms with Gasteiger partial charge in [-0.3, -0.25) is 0 Å². The summed E-state index contributed by atoms with van der Waals surface area (Å²) in [6.07, 6.45) is 3.54. The van der Waals surface area contributed by atoms with Gasteiger partial charge in [0, 0.05) is 10.5 Å². The molecule has 2 rings (SSSR count). The lowest BCUT2D eigenvalue weighted by Crippen LogP contribution is -2.19. The topological polar surface area (TPSA) is 43.8 Å². The Hall–Kier alpha value is -0.840. The molecule has 0 radical (unpaired) electrons. The Morgan fingerprint density at radius 2 is 2.11 bits per heavy atom. The Morgan fingerprint density at radius 1 is 1.39 bits per heavy atom. The third kappa shape index (κ3) is 2.60. The Morgan fingerprint density at radius 3 is 2.72 bits per heavy atom. The van der Waals surface area contributed by atoms with E-state index < -0.39 is 0 Å². The van der Waals surface area contributed by atoms with Crippen LogP contribution in [0.2, 0.25) is 5.02 Å². The first-order valence-corrected chi connectivity index (χ1v) is 6.91. The summed E-state index contributed by atoms with van der Waals surface area (Å²) in [5.74, 6) is 0.342. The molecule has 0 saturated carbocycles. The molecule has 1 atom stereocenters. The minimum Gasteiger partial charge on any atom is -0.322 e. The SMILES string of the molecule is CC(C)C(N)c1cncn1-c1ccc(Br)cc1Cl. The van der Waals surface area contributed by atoms with Crippen LogP contribution >= 0.6 is 27.5 Å². The van der Waals surface area contributed by atoms with E-state index in [1.165, 1.54) is 0 Å². The summed E-state index contributed by atoms with van der Waals surface area (Å²) in [6.45, 7) is 4.18. The fraction of sp³-hybridized carbons (Fsp3) is 0.308. The van der Waals surface area contributed by atoms with Gasteiger partial charge in [-0.15, -0.1) is 0 Å². The van der Waals surface area contributed by atoms with E-state index in [1.807, 2.05) is 22.8 Å². The van der Waals surface area contributed by atoms with E-state index in [-0.39, 0.29) is 6.04 Å². The van der Waals surface area contributed by atoms with Crippen LogP contribution in [0.3, 0.4) is 0 Å². The van der Waals surface area contributed by atoms with Crippen molar-refractivity contribution in [1.82, 2.24) is 9.55 Å². The Bertz CT molecular complexity index is 551. The first-order chi connectivity index (χ1) is 8.50. The standard InChI is InChI=1S/C13H15BrClN3/c1-8(2)13(16)12-6-17-7-18(12)11-4-3-9(14)5-10(11)15/h3-8,13H,16H2,1-2H3. The molecule has 5 heteroatoms. The van der Waals surface area contributed by atoms with Crippen molar-refractivity contribution >= 4 is 27.5 Å². The van der Waals surface area contributed by atoms with Crippen LogP contribution in [0.4, 0.5) is 0 Å². The molecule has 0 saturated heterocycles. The number of benzene rings is 1. The number of rotatable bonds is 3. The van der Waals surface area contributed by atoms with Crippen LogP contribution in [0, 0.1) is 5.92 Å². The van der Waals surface area contributed by atoms with Crippen LogP contribution in [0.15, 0.2) is 35.2 Å². The summed E-state index contributed by atoms with van der Waals surface area (Å²) < 4.78 is 2.89. The second-order valence-electron chi connectivity index (χ2n) is 4.55. The number of hydrogen-bond donors (Lipinski definition) is 1. The zero-order valence-corrected chi connectivity index (χ0v) is 12.6. The predicted molar refractivity (Wildman–Crippen MR) is 78.0 cm³/mol. The van der Waals surface area contributed by atoms with Gasteiger partial charge in [-0.05, 0) is 24.1 Å². The molecule has 0 amide bonds. The molecular formula is C13H15BrClN3. The molecule has 0 aliphatic rings. The maximum Gasteiger partial charge on any atom is 0.0995 e. The number of nitrogens with zero attached hydrogens (tertiary/aromatic N) is 2. The van der Waals surface area contributed by atoms with Crippen molar-refractivity contribution in [2.45, 2.75) is 19.9 Å². The van der Waals surface area contributed by atoms with E-state index in [2.05, 4.69) is 34.8 Å². The molecule has 0 fully saturated rings. The van der Waals surface area contributed by atoms with Gasteiger partial charge in [-0.2, -0.15) is 0 Å². The van der Waals surface area contributed by atoms with Gasteiger partial charge in [-0.25, -0.2) is 4.98 Å². The third-order valence-corrected chi connectivity index (χ3v) is 3.69. The first-order valence-electron chi connectivity index (χ1n) is 5.74. The molecule has 96 valence electrons. The van der Waals surface area contributed by atoms with Crippen molar-refractivity contribution in [3.8, 4) is 5.69 Å². The third-order valence-electron chi connectivity index (χ3n) is 2.90. The van der Waals surface area contributed by atoms with Gasteiger partial charge in [0.25, 0.3) is 0 Å². The van der Waals surface area contributed by atoms with Crippen molar-refractivity contribution in [3.05, 3.63) is 45.9 Å². The number of nitrogens with two attached hydrogens (primary N) is 1. The van der Waals surface area contributed by atoms with Crippen molar-refractivity contribution < 1.29 is 0 Å². The Labute approximate surface area is 120 Å². The predicted octanol–water partition coefficient (Wildman–Crippen LogP) is 3.94. The number of aromatic nitrogens is 2. The molecule has 1 heterocycles. The van der Waals surface area contributed by atoms with E-state index in [0.29, 0.717) is 10.9 Å². The second kappa shape index (κ2) is 5.43. The summed E-state index contributed by atoms with van der Waals surface area (Å²) in [6, 6.07) is 5.70. The van der Waals surface area contributed by atoms with Gasteiger partial charge in [0.1, 0.15) is 0 Å². The van der Waals surface area contributed by atoms with Crippen LogP contribution in [0.5, 0.6) is 0 Å². The largest absolute Gasteiger partial charge is 0.322 e. The summed E-state index contributed by atoms with van der Waals surface area (Å²) >= 11 is 9.65. The van der Waals surface area contributed by atoms with Crippen LogP contribution in [0.1, 0.15) is 25.6 Å². The highest BCUT2D eigenvalue weighted by Crippen LogP contribution is 2.28. The summed E-state index contributed by atoms with van der Waals surface area (Å²) in [4.78, 5) is 4.18. The summed E-state index contributed by atoms with van der Waals surface area (Å²) in [5, 5.41) is 0.666. The highest BCUT2D eigenvalue weighted by Gasteiger charge is 2.17. The lowest BCUT2D eigenvalue weighted by molar-refractivity contribution is 0.497. The normalized spacial score (nSPS) is 13.0. The highest BCUT2D eigenvalue weighted by atomic mass is 79.9. The monoisotopic (exact) mass is 327 g/mol. The van der Waals surface area contributed by atoms with Crippen molar-refractivity contribution in [2.75, 3.05) is 0 Å². The number of hydrogen-bond acceptors (Lipinski definition) is 2. The van der Waals surface area contributed by atoms with E-state index in [1.54, 1.807) is 12.5 Å². The fourth-order valence-corrected chi connectivity index (χ4v) is 2.54. The summed E-state index contributed by atoms with van der Waals surface area (Å²) in [7, 11) is 0. The molecule has 18 heavy (non-hydrogen) atoms. The second-order valence-corrected chi connectivity index (χ2v) is 5.88. The molecule has 1 aromatic heterocycles. The molecule has 0 spiro atoms. The van der Waals surface area contributed by atoms with Crippen LogP contribution in [-0.2, 0) is 0 Å². The minimum atomic E-state index is -0.0628. The molecule has 2 aromatic rings. The van der Waals surface area contributed by atoms with Gasteiger partial charge in [-0.1, -0.05) is 41.4 Å². The summed E-state index contributed by atoms with van der Waals surface area (Å²) in [5.41, 5.74) is 8.05. The minimum absolute atomic E-state index is 0.0628. The van der Waals surface area contributed by atoms with Gasteiger partial charge in [0.15, 0.2) is 0 Å². The van der Waals surface area contributed by atoms with E-state index >= 15 is 0 Å². The molecular weight excluding hydrogens is 314 g/mol. The molecule has 0 bridgehead atoms.